The molecule has 0 aliphatic carbocycles. The lowest BCUT2D eigenvalue weighted by Crippen LogP contribution is -2.43. The van der Waals surface area contributed by atoms with Gasteiger partial charge >= 0.3 is 0 Å². The number of Topliss-reactive ketones (excluding diaryl/α,β-unsaturated/α-hetero) is 1. The third-order valence-corrected chi connectivity index (χ3v) is 5.67. The first-order valence-electron chi connectivity index (χ1n) is 9.91. The smallest absolute Gasteiger partial charge is 0.238 e. The molecule has 3 heterocycles. The molecule has 4 rings (SSSR count). The van der Waals surface area contributed by atoms with Gasteiger partial charge in [0.1, 0.15) is 17.4 Å². The molecule has 2 unspecified atom stereocenters. The minimum Gasteiger partial charge on any atom is -0.497 e. The predicted octanol–water partition coefficient (Wildman–Crippen LogP) is 2.23. The van der Waals surface area contributed by atoms with E-state index in [2.05, 4.69) is 11.8 Å². The van der Waals surface area contributed by atoms with Gasteiger partial charge in [0.2, 0.25) is 11.9 Å². The Morgan fingerprint density at radius 1 is 1.28 bits per heavy atom. The number of amides is 1. The molecule has 2 aliphatic rings. The summed E-state index contributed by atoms with van der Waals surface area (Å²) in [6.45, 7) is 3.51. The highest BCUT2D eigenvalue weighted by Crippen LogP contribution is 2.40. The number of benzene rings is 1. The molecule has 0 saturated heterocycles. The van der Waals surface area contributed by atoms with Crippen molar-refractivity contribution in [1.29, 1.82) is 0 Å². The summed E-state index contributed by atoms with van der Waals surface area (Å²) in [7, 11) is 3.29. The van der Waals surface area contributed by atoms with Crippen molar-refractivity contribution in [3.8, 4) is 5.75 Å². The number of anilines is 3. The Bertz CT molecular complexity index is 954. The van der Waals surface area contributed by atoms with Gasteiger partial charge in [-0.05, 0) is 30.9 Å². The number of aliphatic hydroxyl groups excluding tert-OH is 1. The predicted molar refractivity (Wildman–Crippen MR) is 109 cm³/mol. The van der Waals surface area contributed by atoms with Crippen molar-refractivity contribution in [3.05, 3.63) is 30.0 Å². The van der Waals surface area contributed by atoms with E-state index in [0.29, 0.717) is 42.8 Å². The second-order valence-electron chi connectivity index (χ2n) is 7.79. The number of hydrogen-bond acceptors (Lipinski definition) is 6. The molecule has 1 amide bonds. The molecule has 2 atom stereocenters. The standard InChI is InChI=1S/C21H26N4O4/c1-13-11-24(14-6-4-7-15(10-14)29-3)21-22-19-17(25(21)12-13)18(27)16(8-5-9-26)20(28)23(19)2/h4,6-7,10,13,16,26H,5,8-9,11-12H2,1-3H3. The topological polar surface area (TPSA) is 87.9 Å². The van der Waals surface area contributed by atoms with Gasteiger partial charge in [0.25, 0.3) is 0 Å². The van der Waals surface area contributed by atoms with Crippen LogP contribution in [-0.4, -0.2) is 53.7 Å². The van der Waals surface area contributed by atoms with Gasteiger partial charge in [-0.2, -0.15) is 4.98 Å². The van der Waals surface area contributed by atoms with E-state index >= 15 is 0 Å². The molecule has 1 N–H and O–H groups in total. The third kappa shape index (κ3) is 3.17. The van der Waals surface area contributed by atoms with Crippen LogP contribution in [0.4, 0.5) is 17.5 Å². The average molecular weight is 398 g/mol. The van der Waals surface area contributed by atoms with Crippen LogP contribution in [0.5, 0.6) is 5.75 Å². The van der Waals surface area contributed by atoms with E-state index in [4.69, 9.17) is 14.8 Å². The highest BCUT2D eigenvalue weighted by Gasteiger charge is 2.43. The Labute approximate surface area is 169 Å². The van der Waals surface area contributed by atoms with Gasteiger partial charge in [0.15, 0.2) is 11.6 Å². The van der Waals surface area contributed by atoms with Crippen molar-refractivity contribution in [1.82, 2.24) is 9.55 Å². The van der Waals surface area contributed by atoms with E-state index in [-0.39, 0.29) is 18.3 Å². The number of aromatic nitrogens is 2. The van der Waals surface area contributed by atoms with Gasteiger partial charge < -0.3 is 19.3 Å². The zero-order chi connectivity index (χ0) is 20.7. The maximum absolute atomic E-state index is 13.2. The lowest BCUT2D eigenvalue weighted by Gasteiger charge is -2.34. The van der Waals surface area contributed by atoms with Crippen molar-refractivity contribution in [2.75, 3.05) is 37.1 Å². The average Bonchev–Trinajstić information content (AvgIpc) is 3.11. The Morgan fingerprint density at radius 2 is 2.07 bits per heavy atom. The second kappa shape index (κ2) is 7.51. The summed E-state index contributed by atoms with van der Waals surface area (Å²) >= 11 is 0. The van der Waals surface area contributed by atoms with E-state index in [0.717, 1.165) is 18.0 Å². The van der Waals surface area contributed by atoms with Crippen LogP contribution in [0, 0.1) is 11.8 Å². The number of aliphatic hydroxyl groups is 1. The summed E-state index contributed by atoms with van der Waals surface area (Å²) < 4.78 is 7.30. The molecule has 8 nitrogen and oxygen atoms in total. The Kier molecular flexibility index (Phi) is 5.04. The molecule has 29 heavy (non-hydrogen) atoms. The molecule has 0 saturated carbocycles. The summed E-state index contributed by atoms with van der Waals surface area (Å²) in [6, 6.07) is 7.73. The highest BCUT2D eigenvalue weighted by atomic mass is 16.5. The van der Waals surface area contributed by atoms with Gasteiger partial charge in [0.05, 0.1) is 7.11 Å². The van der Waals surface area contributed by atoms with Crippen LogP contribution in [0.25, 0.3) is 0 Å². The van der Waals surface area contributed by atoms with Crippen LogP contribution < -0.4 is 14.5 Å². The summed E-state index contributed by atoms with van der Waals surface area (Å²) in [5.74, 6) is 0.898. The first kappa shape index (κ1) is 19.4. The number of hydrogen-bond donors (Lipinski definition) is 1. The van der Waals surface area contributed by atoms with E-state index in [1.165, 1.54) is 4.90 Å². The van der Waals surface area contributed by atoms with Crippen LogP contribution in [0.15, 0.2) is 24.3 Å². The number of imidazole rings is 1. The number of carbonyl (C=O) groups is 2. The molecule has 0 bridgehead atoms. The quantitative estimate of drug-likeness (QED) is 0.777. The van der Waals surface area contributed by atoms with E-state index in [1.807, 2.05) is 28.8 Å². The molecule has 2 aliphatic heterocycles. The Balaban J connectivity index is 1.81. The number of carbonyl (C=O) groups excluding carboxylic acids is 2. The fourth-order valence-electron chi connectivity index (χ4n) is 4.21. The molecule has 8 heteroatoms. The number of nitrogens with zero attached hydrogens (tertiary/aromatic N) is 4. The van der Waals surface area contributed by atoms with Crippen molar-refractivity contribution in [2.24, 2.45) is 11.8 Å². The fraction of sp³-hybridized carbons (Fsp3) is 0.476. The molecule has 1 aromatic carbocycles. The second-order valence-corrected chi connectivity index (χ2v) is 7.79. The minimum atomic E-state index is -0.761. The molecular formula is C21H26N4O4. The maximum Gasteiger partial charge on any atom is 0.238 e. The third-order valence-electron chi connectivity index (χ3n) is 5.67. The minimum absolute atomic E-state index is 0.0429. The summed E-state index contributed by atoms with van der Waals surface area (Å²) in [5, 5.41) is 9.15. The summed E-state index contributed by atoms with van der Waals surface area (Å²) in [6.07, 6.45) is 0.756. The Morgan fingerprint density at radius 3 is 2.79 bits per heavy atom. The van der Waals surface area contributed by atoms with Gasteiger partial charge in [-0.15, -0.1) is 0 Å². The fourth-order valence-corrected chi connectivity index (χ4v) is 4.21. The number of ether oxygens (including phenoxy) is 1. The van der Waals surface area contributed by atoms with Crippen molar-refractivity contribution in [2.45, 2.75) is 26.3 Å². The van der Waals surface area contributed by atoms with Crippen LogP contribution in [0.3, 0.4) is 0 Å². The monoisotopic (exact) mass is 398 g/mol. The van der Waals surface area contributed by atoms with E-state index < -0.39 is 5.92 Å². The Hall–Kier alpha value is -2.87. The van der Waals surface area contributed by atoms with Crippen molar-refractivity contribution >= 4 is 29.1 Å². The van der Waals surface area contributed by atoms with Crippen LogP contribution in [0.2, 0.25) is 0 Å². The molecule has 154 valence electrons. The SMILES string of the molecule is COc1cccc(N2CC(C)Cn3c2nc2c3C(=O)C(CCCO)C(=O)N2C)c1. The molecule has 0 fully saturated rings. The number of ketones is 1. The van der Waals surface area contributed by atoms with Gasteiger partial charge in [-0.3, -0.25) is 14.5 Å². The van der Waals surface area contributed by atoms with E-state index in [1.54, 1.807) is 14.2 Å². The highest BCUT2D eigenvalue weighted by molar-refractivity contribution is 6.20. The lowest BCUT2D eigenvalue weighted by atomic mass is 9.91. The molecular weight excluding hydrogens is 372 g/mol. The van der Waals surface area contributed by atoms with Crippen molar-refractivity contribution < 1.29 is 19.4 Å². The number of rotatable bonds is 5. The largest absolute Gasteiger partial charge is 0.497 e. The number of methoxy groups -OCH3 is 1. The van der Waals surface area contributed by atoms with Crippen LogP contribution in [0.1, 0.15) is 30.3 Å². The molecule has 2 aromatic rings. The number of fused-ring (bicyclic) bond motifs is 3. The normalized spacial score (nSPS) is 21.2. The molecule has 1 aromatic heterocycles. The van der Waals surface area contributed by atoms with Crippen molar-refractivity contribution in [3.63, 3.8) is 0 Å². The first-order valence-corrected chi connectivity index (χ1v) is 9.91. The lowest BCUT2D eigenvalue weighted by molar-refractivity contribution is -0.121. The van der Waals surface area contributed by atoms with E-state index in [9.17, 15) is 9.59 Å². The van der Waals surface area contributed by atoms with Gasteiger partial charge in [-0.25, -0.2) is 0 Å². The first-order chi connectivity index (χ1) is 14.0. The summed E-state index contributed by atoms with van der Waals surface area (Å²) in [4.78, 5) is 34.3. The zero-order valence-electron chi connectivity index (χ0n) is 17.0. The molecule has 0 radical (unpaired) electrons. The summed E-state index contributed by atoms with van der Waals surface area (Å²) in [5.41, 5.74) is 1.42. The van der Waals surface area contributed by atoms with Crippen LogP contribution in [-0.2, 0) is 11.3 Å². The maximum atomic E-state index is 13.2. The van der Waals surface area contributed by atoms with Crippen LogP contribution >= 0.6 is 0 Å². The zero-order valence-corrected chi connectivity index (χ0v) is 17.0. The van der Waals surface area contributed by atoms with Gasteiger partial charge in [-0.1, -0.05) is 13.0 Å². The molecule has 0 spiro atoms. The van der Waals surface area contributed by atoms with Gasteiger partial charge in [0, 0.05) is 38.5 Å².